The molecular formula is C15H32N2O. The summed E-state index contributed by atoms with van der Waals surface area (Å²) in [5.41, 5.74) is 0. The van der Waals surface area contributed by atoms with Crippen molar-refractivity contribution in [3.05, 3.63) is 0 Å². The van der Waals surface area contributed by atoms with Crippen LogP contribution in [-0.4, -0.2) is 50.3 Å². The van der Waals surface area contributed by atoms with Crippen molar-refractivity contribution in [3.63, 3.8) is 0 Å². The standard InChI is InChI=1S/C15H32N2O/c1-5-7-15(12-16-6-2)17(10-11-18-4)13(3)14-8-9-14/h13-16H,5-12H2,1-4H3. The van der Waals surface area contributed by atoms with Gasteiger partial charge in [-0.25, -0.2) is 0 Å². The molecule has 0 aliphatic heterocycles. The van der Waals surface area contributed by atoms with Gasteiger partial charge >= 0.3 is 0 Å². The minimum atomic E-state index is 0.667. The van der Waals surface area contributed by atoms with E-state index in [4.69, 9.17) is 4.74 Å². The highest BCUT2D eigenvalue weighted by Gasteiger charge is 2.34. The molecule has 3 nitrogen and oxygen atoms in total. The summed E-state index contributed by atoms with van der Waals surface area (Å²) < 4.78 is 5.29. The molecule has 3 heteroatoms. The molecule has 1 aliphatic carbocycles. The lowest BCUT2D eigenvalue weighted by Crippen LogP contribution is -2.49. The van der Waals surface area contributed by atoms with E-state index in [1.165, 1.54) is 25.7 Å². The van der Waals surface area contributed by atoms with Gasteiger partial charge in [0, 0.05) is 32.3 Å². The lowest BCUT2D eigenvalue weighted by atomic mass is 10.1. The van der Waals surface area contributed by atoms with E-state index < -0.39 is 0 Å². The van der Waals surface area contributed by atoms with Crippen LogP contribution >= 0.6 is 0 Å². The topological polar surface area (TPSA) is 24.5 Å². The molecule has 0 bridgehead atoms. The molecule has 0 saturated heterocycles. The zero-order valence-corrected chi connectivity index (χ0v) is 12.7. The Labute approximate surface area is 113 Å². The van der Waals surface area contributed by atoms with Gasteiger partial charge in [0.05, 0.1) is 6.61 Å². The van der Waals surface area contributed by atoms with Gasteiger partial charge in [-0.15, -0.1) is 0 Å². The summed E-state index contributed by atoms with van der Waals surface area (Å²) in [6, 6.07) is 1.39. The van der Waals surface area contributed by atoms with E-state index >= 15 is 0 Å². The van der Waals surface area contributed by atoms with Crippen LogP contribution in [-0.2, 0) is 4.74 Å². The van der Waals surface area contributed by atoms with Crippen molar-refractivity contribution < 1.29 is 4.74 Å². The molecule has 2 unspecified atom stereocenters. The van der Waals surface area contributed by atoms with Crippen LogP contribution in [0.5, 0.6) is 0 Å². The SMILES string of the molecule is CCCC(CNCC)N(CCOC)C(C)C1CC1. The van der Waals surface area contributed by atoms with Crippen LogP contribution in [0, 0.1) is 5.92 Å². The third-order valence-electron chi connectivity index (χ3n) is 4.10. The predicted octanol–water partition coefficient (Wildman–Crippen LogP) is 2.51. The second kappa shape index (κ2) is 8.89. The first-order valence-electron chi connectivity index (χ1n) is 7.69. The van der Waals surface area contributed by atoms with Crippen molar-refractivity contribution in [3.8, 4) is 0 Å². The first-order valence-corrected chi connectivity index (χ1v) is 7.69. The van der Waals surface area contributed by atoms with E-state index in [1.807, 2.05) is 0 Å². The van der Waals surface area contributed by atoms with E-state index in [2.05, 4.69) is 31.0 Å². The number of likely N-dealkylation sites (N-methyl/N-ethyl adjacent to an activating group) is 1. The molecule has 2 atom stereocenters. The summed E-state index contributed by atoms with van der Waals surface area (Å²) in [5.74, 6) is 0.933. The Bertz CT molecular complexity index is 207. The van der Waals surface area contributed by atoms with Crippen LogP contribution in [0.4, 0.5) is 0 Å². The molecule has 18 heavy (non-hydrogen) atoms. The largest absolute Gasteiger partial charge is 0.383 e. The van der Waals surface area contributed by atoms with Gasteiger partial charge in [-0.2, -0.15) is 0 Å². The van der Waals surface area contributed by atoms with E-state index in [-0.39, 0.29) is 0 Å². The van der Waals surface area contributed by atoms with Gasteiger partial charge in [-0.05, 0) is 38.6 Å². The predicted molar refractivity (Wildman–Crippen MR) is 78.0 cm³/mol. The van der Waals surface area contributed by atoms with E-state index in [0.717, 1.165) is 38.2 Å². The maximum absolute atomic E-state index is 5.29. The second-order valence-corrected chi connectivity index (χ2v) is 5.56. The van der Waals surface area contributed by atoms with Gasteiger partial charge in [0.2, 0.25) is 0 Å². The summed E-state index contributed by atoms with van der Waals surface area (Å²) in [6.07, 6.45) is 5.39. The molecule has 1 aliphatic rings. The average molecular weight is 256 g/mol. The summed E-state index contributed by atoms with van der Waals surface area (Å²) in [4.78, 5) is 2.69. The van der Waals surface area contributed by atoms with Crippen molar-refractivity contribution in [1.82, 2.24) is 10.2 Å². The van der Waals surface area contributed by atoms with Gasteiger partial charge in [0.25, 0.3) is 0 Å². The van der Waals surface area contributed by atoms with Crippen molar-refractivity contribution in [2.75, 3.05) is 33.4 Å². The maximum Gasteiger partial charge on any atom is 0.0589 e. The Morgan fingerprint density at radius 1 is 1.33 bits per heavy atom. The van der Waals surface area contributed by atoms with Gasteiger partial charge in [0.1, 0.15) is 0 Å². The van der Waals surface area contributed by atoms with Crippen molar-refractivity contribution >= 4 is 0 Å². The van der Waals surface area contributed by atoms with E-state index in [0.29, 0.717) is 6.04 Å². The molecule has 0 aromatic carbocycles. The minimum absolute atomic E-state index is 0.667. The molecule has 0 radical (unpaired) electrons. The van der Waals surface area contributed by atoms with Gasteiger partial charge < -0.3 is 10.1 Å². The Balaban J connectivity index is 2.55. The average Bonchev–Trinajstić information content (AvgIpc) is 3.20. The summed E-state index contributed by atoms with van der Waals surface area (Å²) in [7, 11) is 1.80. The molecule has 0 amide bonds. The van der Waals surface area contributed by atoms with E-state index in [1.54, 1.807) is 7.11 Å². The smallest absolute Gasteiger partial charge is 0.0589 e. The van der Waals surface area contributed by atoms with Gasteiger partial charge in [0.15, 0.2) is 0 Å². The van der Waals surface area contributed by atoms with Crippen LogP contribution in [0.1, 0.15) is 46.5 Å². The fourth-order valence-electron chi connectivity index (χ4n) is 2.79. The Morgan fingerprint density at radius 3 is 2.56 bits per heavy atom. The Morgan fingerprint density at radius 2 is 2.06 bits per heavy atom. The maximum atomic E-state index is 5.29. The summed E-state index contributed by atoms with van der Waals surface area (Å²) >= 11 is 0. The second-order valence-electron chi connectivity index (χ2n) is 5.56. The molecule has 0 aromatic rings. The fourth-order valence-corrected chi connectivity index (χ4v) is 2.79. The summed E-state index contributed by atoms with van der Waals surface area (Å²) in [6.45, 7) is 11.0. The molecule has 1 N–H and O–H groups in total. The molecular weight excluding hydrogens is 224 g/mol. The number of hydrogen-bond acceptors (Lipinski definition) is 3. The first kappa shape index (κ1) is 15.9. The van der Waals surface area contributed by atoms with Crippen LogP contribution in [0.25, 0.3) is 0 Å². The van der Waals surface area contributed by atoms with Gasteiger partial charge in [-0.3, -0.25) is 4.90 Å². The zero-order chi connectivity index (χ0) is 13.4. The van der Waals surface area contributed by atoms with Crippen LogP contribution < -0.4 is 5.32 Å². The lowest BCUT2D eigenvalue weighted by Gasteiger charge is -2.37. The Hall–Kier alpha value is -0.120. The number of ether oxygens (including phenoxy) is 1. The zero-order valence-electron chi connectivity index (χ0n) is 12.7. The number of nitrogens with one attached hydrogen (secondary N) is 1. The highest BCUT2D eigenvalue weighted by Crippen LogP contribution is 2.36. The Kier molecular flexibility index (Phi) is 7.87. The normalized spacial score (nSPS) is 19.2. The van der Waals surface area contributed by atoms with Crippen molar-refractivity contribution in [2.45, 2.75) is 58.5 Å². The molecule has 1 fully saturated rings. The molecule has 0 spiro atoms. The van der Waals surface area contributed by atoms with Crippen molar-refractivity contribution in [1.29, 1.82) is 0 Å². The molecule has 108 valence electrons. The molecule has 1 saturated carbocycles. The summed E-state index contributed by atoms with van der Waals surface area (Å²) in [5, 5.41) is 3.52. The lowest BCUT2D eigenvalue weighted by molar-refractivity contribution is 0.0766. The van der Waals surface area contributed by atoms with Crippen LogP contribution in [0.3, 0.4) is 0 Å². The monoisotopic (exact) mass is 256 g/mol. The molecule has 1 rings (SSSR count). The van der Waals surface area contributed by atoms with Gasteiger partial charge in [-0.1, -0.05) is 20.3 Å². The third kappa shape index (κ3) is 5.25. The van der Waals surface area contributed by atoms with Crippen molar-refractivity contribution in [2.24, 2.45) is 5.92 Å². The fraction of sp³-hybridized carbons (Fsp3) is 1.00. The van der Waals surface area contributed by atoms with Crippen LogP contribution in [0.2, 0.25) is 0 Å². The number of hydrogen-bond donors (Lipinski definition) is 1. The third-order valence-corrected chi connectivity index (χ3v) is 4.10. The molecule has 0 aromatic heterocycles. The quantitative estimate of drug-likeness (QED) is 0.615. The highest BCUT2D eigenvalue weighted by atomic mass is 16.5. The van der Waals surface area contributed by atoms with Crippen LogP contribution in [0.15, 0.2) is 0 Å². The highest BCUT2D eigenvalue weighted by molar-refractivity contribution is 4.88. The molecule has 0 heterocycles. The number of nitrogens with zero attached hydrogens (tertiary/aromatic N) is 1. The van der Waals surface area contributed by atoms with E-state index in [9.17, 15) is 0 Å². The number of methoxy groups -OCH3 is 1. The minimum Gasteiger partial charge on any atom is -0.383 e. The first-order chi connectivity index (χ1) is 8.74. The number of rotatable bonds is 11.